The van der Waals surface area contributed by atoms with Crippen molar-refractivity contribution in [1.82, 2.24) is 5.32 Å². The Morgan fingerprint density at radius 2 is 1.86 bits per heavy atom. The van der Waals surface area contributed by atoms with Gasteiger partial charge in [-0.05, 0) is 18.9 Å². The van der Waals surface area contributed by atoms with Crippen molar-refractivity contribution < 1.29 is 18.3 Å². The van der Waals surface area contributed by atoms with Crippen LogP contribution in [0.2, 0.25) is 0 Å². The van der Waals surface area contributed by atoms with E-state index in [1.807, 2.05) is 13.8 Å². The number of halogens is 3. The van der Waals surface area contributed by atoms with Gasteiger partial charge in [-0.25, -0.2) is 0 Å². The first kappa shape index (κ1) is 13.7. The molecule has 0 aliphatic rings. The number of hydrogen-bond donors (Lipinski definition) is 2. The monoisotopic (exact) mass is 213 g/mol. The SMILES string of the molecule is CCCC(C)CNCC(O)C(F)(F)F. The summed E-state index contributed by atoms with van der Waals surface area (Å²) in [7, 11) is 0. The topological polar surface area (TPSA) is 32.3 Å². The van der Waals surface area contributed by atoms with E-state index in [1.54, 1.807) is 0 Å². The Labute approximate surface area is 82.5 Å². The highest BCUT2D eigenvalue weighted by molar-refractivity contribution is 4.68. The van der Waals surface area contributed by atoms with Crippen molar-refractivity contribution >= 4 is 0 Å². The average molecular weight is 213 g/mol. The van der Waals surface area contributed by atoms with Gasteiger partial charge in [-0.15, -0.1) is 0 Å². The van der Waals surface area contributed by atoms with Gasteiger partial charge in [0.1, 0.15) is 0 Å². The van der Waals surface area contributed by atoms with E-state index >= 15 is 0 Å². The second-order valence-corrected chi connectivity index (χ2v) is 3.61. The molecule has 0 spiro atoms. The maximum Gasteiger partial charge on any atom is 0.415 e. The first-order chi connectivity index (χ1) is 6.38. The van der Waals surface area contributed by atoms with E-state index in [9.17, 15) is 13.2 Å². The normalized spacial score (nSPS) is 16.7. The van der Waals surface area contributed by atoms with E-state index < -0.39 is 18.8 Å². The molecule has 2 nitrogen and oxygen atoms in total. The molecular weight excluding hydrogens is 195 g/mol. The van der Waals surface area contributed by atoms with Crippen LogP contribution in [-0.4, -0.2) is 30.5 Å². The summed E-state index contributed by atoms with van der Waals surface area (Å²) < 4.78 is 35.5. The van der Waals surface area contributed by atoms with Gasteiger partial charge in [0, 0.05) is 6.54 Å². The smallest absolute Gasteiger partial charge is 0.382 e. The maximum absolute atomic E-state index is 11.8. The molecule has 0 aliphatic heterocycles. The van der Waals surface area contributed by atoms with Gasteiger partial charge in [-0.1, -0.05) is 20.3 Å². The number of nitrogens with one attached hydrogen (secondary N) is 1. The van der Waals surface area contributed by atoms with Gasteiger partial charge in [0.05, 0.1) is 0 Å². The van der Waals surface area contributed by atoms with Gasteiger partial charge in [0.25, 0.3) is 0 Å². The number of aliphatic hydroxyl groups is 1. The molecule has 2 atom stereocenters. The summed E-state index contributed by atoms with van der Waals surface area (Å²) in [6.07, 6.45) is -4.77. The van der Waals surface area contributed by atoms with Crippen LogP contribution in [0.1, 0.15) is 26.7 Å². The summed E-state index contributed by atoms with van der Waals surface area (Å²) in [5, 5.41) is 11.2. The van der Waals surface area contributed by atoms with Gasteiger partial charge in [-0.3, -0.25) is 0 Å². The molecule has 0 radical (unpaired) electrons. The highest BCUT2D eigenvalue weighted by atomic mass is 19.4. The Bertz CT molecular complexity index is 149. The predicted octanol–water partition coefficient (Wildman–Crippen LogP) is 1.94. The van der Waals surface area contributed by atoms with Gasteiger partial charge < -0.3 is 10.4 Å². The molecule has 86 valence electrons. The second-order valence-electron chi connectivity index (χ2n) is 3.61. The van der Waals surface area contributed by atoms with Crippen molar-refractivity contribution in [2.24, 2.45) is 5.92 Å². The summed E-state index contributed by atoms with van der Waals surface area (Å²) in [5.41, 5.74) is 0. The van der Waals surface area contributed by atoms with Crippen molar-refractivity contribution in [2.75, 3.05) is 13.1 Å². The molecule has 2 N–H and O–H groups in total. The van der Waals surface area contributed by atoms with Gasteiger partial charge >= 0.3 is 6.18 Å². The fourth-order valence-electron chi connectivity index (χ4n) is 1.18. The first-order valence-corrected chi connectivity index (χ1v) is 4.83. The molecular formula is C9H18F3NO. The fourth-order valence-corrected chi connectivity index (χ4v) is 1.18. The minimum Gasteiger partial charge on any atom is -0.382 e. The van der Waals surface area contributed by atoms with E-state index in [-0.39, 0.29) is 0 Å². The summed E-state index contributed by atoms with van der Waals surface area (Å²) in [5.74, 6) is 0.348. The number of hydrogen-bond acceptors (Lipinski definition) is 2. The Balaban J connectivity index is 3.54. The van der Waals surface area contributed by atoms with Crippen molar-refractivity contribution in [3.8, 4) is 0 Å². The van der Waals surface area contributed by atoms with Gasteiger partial charge in [-0.2, -0.15) is 13.2 Å². The molecule has 0 aromatic heterocycles. The van der Waals surface area contributed by atoms with E-state index in [4.69, 9.17) is 5.11 Å². The maximum atomic E-state index is 11.8. The molecule has 5 heteroatoms. The summed E-state index contributed by atoms with van der Waals surface area (Å²) in [6, 6.07) is 0. The zero-order valence-electron chi connectivity index (χ0n) is 8.56. The van der Waals surface area contributed by atoms with E-state index in [0.717, 1.165) is 12.8 Å². The lowest BCUT2D eigenvalue weighted by atomic mass is 10.1. The zero-order chi connectivity index (χ0) is 11.2. The third kappa shape index (κ3) is 6.21. The minimum atomic E-state index is -4.51. The molecule has 0 bridgehead atoms. The van der Waals surface area contributed by atoms with Crippen LogP contribution in [0.15, 0.2) is 0 Å². The highest BCUT2D eigenvalue weighted by Crippen LogP contribution is 2.19. The molecule has 0 fully saturated rings. The second kappa shape index (κ2) is 6.24. The fraction of sp³-hybridized carbons (Fsp3) is 1.00. The quantitative estimate of drug-likeness (QED) is 0.706. The number of aliphatic hydroxyl groups excluding tert-OH is 1. The molecule has 0 aliphatic carbocycles. The predicted molar refractivity (Wildman–Crippen MR) is 49.0 cm³/mol. The molecule has 0 saturated heterocycles. The van der Waals surface area contributed by atoms with Crippen LogP contribution in [0.25, 0.3) is 0 Å². The van der Waals surface area contributed by atoms with Crippen molar-refractivity contribution in [2.45, 2.75) is 39.0 Å². The Morgan fingerprint density at radius 1 is 1.29 bits per heavy atom. The summed E-state index contributed by atoms with van der Waals surface area (Å²) in [4.78, 5) is 0. The standard InChI is InChI=1S/C9H18F3NO/c1-3-4-7(2)5-13-6-8(14)9(10,11)12/h7-8,13-14H,3-6H2,1-2H3. The van der Waals surface area contributed by atoms with Crippen LogP contribution in [0.5, 0.6) is 0 Å². The summed E-state index contributed by atoms with van der Waals surface area (Å²) >= 11 is 0. The average Bonchev–Trinajstić information content (AvgIpc) is 2.02. The van der Waals surface area contributed by atoms with Gasteiger partial charge in [0.15, 0.2) is 6.10 Å². The molecule has 2 unspecified atom stereocenters. The summed E-state index contributed by atoms with van der Waals surface area (Å²) in [6.45, 7) is 4.09. The Kier molecular flexibility index (Phi) is 6.11. The van der Waals surface area contributed by atoms with Crippen LogP contribution in [0.4, 0.5) is 13.2 Å². The molecule has 0 amide bonds. The van der Waals surface area contributed by atoms with Crippen molar-refractivity contribution in [1.29, 1.82) is 0 Å². The van der Waals surface area contributed by atoms with Crippen LogP contribution < -0.4 is 5.32 Å². The lowest BCUT2D eigenvalue weighted by molar-refractivity contribution is -0.201. The van der Waals surface area contributed by atoms with Gasteiger partial charge in [0.2, 0.25) is 0 Å². The van der Waals surface area contributed by atoms with Crippen LogP contribution in [0.3, 0.4) is 0 Å². The molecule has 0 heterocycles. The van der Waals surface area contributed by atoms with E-state index in [2.05, 4.69) is 5.32 Å². The van der Waals surface area contributed by atoms with E-state index in [0.29, 0.717) is 12.5 Å². The third-order valence-electron chi connectivity index (χ3n) is 1.99. The Hall–Kier alpha value is -0.290. The van der Waals surface area contributed by atoms with Crippen LogP contribution in [0, 0.1) is 5.92 Å². The Morgan fingerprint density at radius 3 is 2.29 bits per heavy atom. The molecule has 0 aromatic rings. The third-order valence-corrected chi connectivity index (χ3v) is 1.99. The largest absolute Gasteiger partial charge is 0.415 e. The molecule has 14 heavy (non-hydrogen) atoms. The van der Waals surface area contributed by atoms with Crippen LogP contribution >= 0.6 is 0 Å². The van der Waals surface area contributed by atoms with Crippen molar-refractivity contribution in [3.05, 3.63) is 0 Å². The zero-order valence-corrected chi connectivity index (χ0v) is 8.56. The number of alkyl halides is 3. The lowest BCUT2D eigenvalue weighted by Crippen LogP contribution is -2.39. The van der Waals surface area contributed by atoms with E-state index in [1.165, 1.54) is 0 Å². The van der Waals surface area contributed by atoms with Crippen LogP contribution in [-0.2, 0) is 0 Å². The molecule has 0 saturated carbocycles. The number of rotatable bonds is 6. The molecule has 0 rings (SSSR count). The minimum absolute atomic E-state index is 0.348. The highest BCUT2D eigenvalue weighted by Gasteiger charge is 2.37. The molecule has 0 aromatic carbocycles. The van der Waals surface area contributed by atoms with Crippen molar-refractivity contribution in [3.63, 3.8) is 0 Å². The first-order valence-electron chi connectivity index (χ1n) is 4.83. The lowest BCUT2D eigenvalue weighted by Gasteiger charge is -2.17.